The zero-order valence-electron chi connectivity index (χ0n) is 9.88. The third-order valence-corrected chi connectivity index (χ3v) is 2.70. The van der Waals surface area contributed by atoms with Crippen LogP contribution in [0.3, 0.4) is 0 Å². The maximum absolute atomic E-state index is 12.8. The quantitative estimate of drug-likeness (QED) is 0.559. The third kappa shape index (κ3) is 4.17. The smallest absolute Gasteiger partial charge is 0.306 e. The predicted molar refractivity (Wildman–Crippen MR) is 50.3 cm³/mol. The second-order valence-electron chi connectivity index (χ2n) is 4.18. The summed E-state index contributed by atoms with van der Waals surface area (Å²) in [5, 5.41) is 0. The molecule has 116 valence electrons. The fraction of sp³-hybridized carbons (Fsp3) is 0.800. The van der Waals surface area contributed by atoms with E-state index in [2.05, 4.69) is 9.47 Å². The van der Waals surface area contributed by atoms with Crippen molar-refractivity contribution in [3.63, 3.8) is 0 Å². The molecule has 1 aliphatic rings. The minimum atomic E-state index is -4.81. The van der Waals surface area contributed by atoms with Crippen molar-refractivity contribution in [3.8, 4) is 0 Å². The number of rotatable bonds is 6. The Morgan fingerprint density at radius 1 is 0.800 bits per heavy atom. The number of alkyl halides is 4. The normalized spacial score (nSPS) is 24.5. The minimum Gasteiger partial charge on any atom is -0.306 e. The van der Waals surface area contributed by atoms with Crippen molar-refractivity contribution in [2.45, 2.75) is 50.1 Å². The first kappa shape index (κ1) is 16.9. The Morgan fingerprint density at radius 3 is 1.35 bits per heavy atom. The lowest BCUT2D eigenvalue weighted by molar-refractivity contribution is -0.309. The Kier molecular flexibility index (Phi) is 5.14. The van der Waals surface area contributed by atoms with Crippen LogP contribution in [-0.4, -0.2) is 36.5 Å². The molecule has 20 heavy (non-hydrogen) atoms. The van der Waals surface area contributed by atoms with E-state index in [0.29, 0.717) is 0 Å². The van der Waals surface area contributed by atoms with Gasteiger partial charge < -0.3 is 9.47 Å². The standard InChI is InChI=1S/C10H10F6O4/c11-7(17)9(13,14)19-5-3-1-2-4-6(5)20-10(15,16)8(12)18/h5-6H,1-4H2. The largest absolute Gasteiger partial charge is 0.449 e. The molecule has 0 aliphatic heterocycles. The van der Waals surface area contributed by atoms with Crippen molar-refractivity contribution in [1.82, 2.24) is 0 Å². The molecule has 10 heteroatoms. The van der Waals surface area contributed by atoms with Gasteiger partial charge >= 0.3 is 24.3 Å². The fourth-order valence-corrected chi connectivity index (χ4v) is 1.81. The highest BCUT2D eigenvalue weighted by molar-refractivity contribution is 5.74. The third-order valence-electron chi connectivity index (χ3n) is 2.70. The van der Waals surface area contributed by atoms with Gasteiger partial charge in [0.1, 0.15) is 0 Å². The lowest BCUT2D eigenvalue weighted by atomic mass is 9.94. The molecule has 2 atom stereocenters. The molecular weight excluding hydrogens is 298 g/mol. The Hall–Kier alpha value is -1.16. The summed E-state index contributed by atoms with van der Waals surface area (Å²) in [4.78, 5) is 20.0. The number of hydrogen-bond donors (Lipinski definition) is 0. The molecule has 0 aromatic rings. The van der Waals surface area contributed by atoms with Gasteiger partial charge in [-0.25, -0.2) is 0 Å². The molecule has 0 aromatic carbocycles. The molecule has 0 heterocycles. The molecule has 0 N–H and O–H groups in total. The molecule has 1 saturated carbocycles. The summed E-state index contributed by atoms with van der Waals surface area (Å²) in [6.07, 6.45) is -13.1. The van der Waals surface area contributed by atoms with Crippen LogP contribution in [0.15, 0.2) is 0 Å². The zero-order valence-corrected chi connectivity index (χ0v) is 9.88. The Bertz CT molecular complexity index is 350. The summed E-state index contributed by atoms with van der Waals surface area (Å²) in [7, 11) is 0. The van der Waals surface area contributed by atoms with E-state index in [1.807, 2.05) is 0 Å². The monoisotopic (exact) mass is 308 g/mol. The maximum atomic E-state index is 12.8. The van der Waals surface area contributed by atoms with Crippen LogP contribution in [-0.2, 0) is 19.1 Å². The number of carbonyl (C=O) groups is 2. The molecule has 0 saturated heterocycles. The fourth-order valence-electron chi connectivity index (χ4n) is 1.81. The van der Waals surface area contributed by atoms with Gasteiger partial charge in [0.05, 0.1) is 12.2 Å². The van der Waals surface area contributed by atoms with Crippen molar-refractivity contribution in [3.05, 3.63) is 0 Å². The number of carbonyl (C=O) groups excluding carboxylic acids is 2. The second kappa shape index (κ2) is 6.08. The maximum Gasteiger partial charge on any atom is 0.449 e. The number of ether oxygens (including phenoxy) is 2. The first-order valence-electron chi connectivity index (χ1n) is 5.57. The van der Waals surface area contributed by atoms with Crippen LogP contribution in [0.2, 0.25) is 0 Å². The first-order valence-corrected chi connectivity index (χ1v) is 5.57. The highest BCUT2D eigenvalue weighted by atomic mass is 19.3. The van der Waals surface area contributed by atoms with Crippen LogP contribution in [0.25, 0.3) is 0 Å². The molecule has 4 nitrogen and oxygen atoms in total. The second-order valence-corrected chi connectivity index (χ2v) is 4.18. The molecule has 0 bridgehead atoms. The van der Waals surface area contributed by atoms with Crippen molar-refractivity contribution in [1.29, 1.82) is 0 Å². The van der Waals surface area contributed by atoms with E-state index in [9.17, 15) is 35.9 Å². The average Bonchev–Trinajstić information content (AvgIpc) is 2.30. The summed E-state index contributed by atoms with van der Waals surface area (Å²) in [6, 6.07) is -6.18. The van der Waals surface area contributed by atoms with E-state index in [1.54, 1.807) is 0 Å². The topological polar surface area (TPSA) is 52.6 Å². The summed E-state index contributed by atoms with van der Waals surface area (Å²) >= 11 is 0. The van der Waals surface area contributed by atoms with Crippen molar-refractivity contribution < 1.29 is 45.4 Å². The Morgan fingerprint density at radius 2 is 1.10 bits per heavy atom. The van der Waals surface area contributed by atoms with E-state index in [0.717, 1.165) is 0 Å². The van der Waals surface area contributed by atoms with Crippen LogP contribution in [0.1, 0.15) is 25.7 Å². The van der Waals surface area contributed by atoms with E-state index in [4.69, 9.17) is 0 Å². The van der Waals surface area contributed by atoms with Gasteiger partial charge in [-0.15, -0.1) is 0 Å². The molecule has 2 unspecified atom stereocenters. The van der Waals surface area contributed by atoms with Gasteiger partial charge in [-0.3, -0.25) is 9.59 Å². The van der Waals surface area contributed by atoms with Crippen molar-refractivity contribution in [2.75, 3.05) is 0 Å². The van der Waals surface area contributed by atoms with Gasteiger partial charge in [-0.1, -0.05) is 12.8 Å². The van der Waals surface area contributed by atoms with Gasteiger partial charge in [-0.2, -0.15) is 26.3 Å². The molecule has 1 rings (SSSR count). The van der Waals surface area contributed by atoms with Gasteiger partial charge in [0.15, 0.2) is 0 Å². The molecule has 0 aromatic heterocycles. The molecule has 1 aliphatic carbocycles. The SMILES string of the molecule is O=C(F)C(F)(F)OC1CCCCC1OC(F)(F)C(=O)F. The lowest BCUT2D eigenvalue weighted by Gasteiger charge is -2.33. The van der Waals surface area contributed by atoms with Gasteiger partial charge in [0.25, 0.3) is 0 Å². The van der Waals surface area contributed by atoms with Gasteiger partial charge in [-0.05, 0) is 12.8 Å². The summed E-state index contributed by atoms with van der Waals surface area (Å²) in [5.41, 5.74) is 0. The highest BCUT2D eigenvalue weighted by Crippen LogP contribution is 2.33. The van der Waals surface area contributed by atoms with E-state index < -0.39 is 36.5 Å². The predicted octanol–water partition coefficient (Wildman–Crippen LogP) is 2.51. The Labute approximate surface area is 109 Å². The highest BCUT2D eigenvalue weighted by Gasteiger charge is 2.49. The molecule has 0 spiro atoms. The lowest BCUT2D eigenvalue weighted by Crippen LogP contribution is -2.46. The van der Waals surface area contributed by atoms with Crippen molar-refractivity contribution >= 4 is 12.1 Å². The zero-order chi connectivity index (χ0) is 15.6. The number of halogens is 6. The first-order chi connectivity index (χ1) is 9.06. The van der Waals surface area contributed by atoms with Gasteiger partial charge in [0, 0.05) is 0 Å². The van der Waals surface area contributed by atoms with Gasteiger partial charge in [0.2, 0.25) is 0 Å². The molecule has 0 radical (unpaired) electrons. The molecule has 0 amide bonds. The molecule has 1 fully saturated rings. The summed E-state index contributed by atoms with van der Waals surface area (Å²) < 4.78 is 82.7. The van der Waals surface area contributed by atoms with Crippen LogP contribution >= 0.6 is 0 Å². The van der Waals surface area contributed by atoms with Crippen LogP contribution < -0.4 is 0 Å². The minimum absolute atomic E-state index is 0.232. The number of hydrogen-bond acceptors (Lipinski definition) is 4. The van der Waals surface area contributed by atoms with E-state index >= 15 is 0 Å². The van der Waals surface area contributed by atoms with E-state index in [1.165, 1.54) is 0 Å². The van der Waals surface area contributed by atoms with Crippen LogP contribution in [0.5, 0.6) is 0 Å². The summed E-state index contributed by atoms with van der Waals surface area (Å²) in [6.45, 7) is 0. The molecular formula is C10H10F6O4. The van der Waals surface area contributed by atoms with Crippen LogP contribution in [0, 0.1) is 0 Å². The average molecular weight is 308 g/mol. The summed E-state index contributed by atoms with van der Waals surface area (Å²) in [5.74, 6) is 0. The Balaban J connectivity index is 2.77. The van der Waals surface area contributed by atoms with Crippen molar-refractivity contribution in [2.24, 2.45) is 0 Å². The van der Waals surface area contributed by atoms with Crippen LogP contribution in [0.4, 0.5) is 26.3 Å². The van der Waals surface area contributed by atoms with E-state index in [-0.39, 0.29) is 25.7 Å².